The van der Waals surface area contributed by atoms with E-state index in [4.69, 9.17) is 4.74 Å². The number of fused-ring (bicyclic) bond motifs is 1. The minimum atomic E-state index is -1.94. The van der Waals surface area contributed by atoms with Crippen molar-refractivity contribution < 1.29 is 33.6 Å². The average Bonchev–Trinajstić information content (AvgIpc) is 3.11. The first-order chi connectivity index (χ1) is 12.6. The van der Waals surface area contributed by atoms with E-state index in [-0.39, 0.29) is 0 Å². The number of β-lactam (4-membered cyclic amide) rings is 1. The van der Waals surface area contributed by atoms with E-state index in [0.29, 0.717) is 5.00 Å². The molecule has 1 aromatic rings. The van der Waals surface area contributed by atoms with Crippen molar-refractivity contribution in [3.8, 4) is 0 Å². The molecular formula is C16H18N2O7S2. The van der Waals surface area contributed by atoms with E-state index in [9.17, 15) is 28.8 Å². The lowest BCUT2D eigenvalue weighted by Crippen LogP contribution is -2.87. The third-order valence-corrected chi connectivity index (χ3v) is 7.73. The molecule has 11 heteroatoms. The zero-order chi connectivity index (χ0) is 20.1. The van der Waals surface area contributed by atoms with E-state index in [1.807, 2.05) is 0 Å². The molecule has 3 heterocycles. The molecule has 2 aliphatic heterocycles. The van der Waals surface area contributed by atoms with Gasteiger partial charge in [0.25, 0.3) is 11.6 Å². The van der Waals surface area contributed by atoms with Gasteiger partial charge in [0.1, 0.15) is 10.8 Å². The van der Waals surface area contributed by atoms with Crippen LogP contribution in [0.1, 0.15) is 13.8 Å². The summed E-state index contributed by atoms with van der Waals surface area (Å²) < 4.78 is 18.4. The monoisotopic (exact) mass is 414 g/mol. The largest absolute Gasteiger partial charge is 0.615 e. The predicted molar refractivity (Wildman–Crippen MR) is 96.5 cm³/mol. The number of hydrogen-bond donors (Lipinski definition) is 1. The molecule has 27 heavy (non-hydrogen) atoms. The molecule has 1 N–H and O–H groups in total. The molecule has 2 aliphatic rings. The maximum absolute atomic E-state index is 13.0. The molecule has 4 atom stereocenters. The number of anilines is 1. The Kier molecular flexibility index (Phi) is 4.83. The molecule has 146 valence electrons. The van der Waals surface area contributed by atoms with Crippen LogP contribution < -0.4 is 4.90 Å². The number of nitrogens with zero attached hydrogens (tertiary/aromatic N) is 2. The van der Waals surface area contributed by atoms with Gasteiger partial charge in [0.2, 0.25) is 11.3 Å². The van der Waals surface area contributed by atoms with Crippen LogP contribution in [-0.4, -0.2) is 68.6 Å². The number of ketones is 1. The molecule has 0 aliphatic carbocycles. The second-order valence-corrected chi connectivity index (χ2v) is 8.88. The number of Topliss-reactive ketones (excluding diaryl/α,β-unsaturated/α-hetero) is 1. The molecule has 2 fully saturated rings. The highest BCUT2D eigenvalue weighted by atomic mass is 32.2. The fourth-order valence-electron chi connectivity index (χ4n) is 3.62. The van der Waals surface area contributed by atoms with Crippen LogP contribution in [0, 0.1) is 5.41 Å². The molecule has 0 radical (unpaired) electrons. The molecule has 9 nitrogen and oxygen atoms in total. The van der Waals surface area contributed by atoms with Crippen molar-refractivity contribution in [2.45, 2.75) is 24.9 Å². The smallest absolute Gasteiger partial charge is 0.323 e. The van der Waals surface area contributed by atoms with Gasteiger partial charge in [0.05, 0.1) is 6.54 Å². The summed E-state index contributed by atoms with van der Waals surface area (Å²) in [5, 5.41) is 10.6. The van der Waals surface area contributed by atoms with Crippen molar-refractivity contribution >= 4 is 51.1 Å². The Morgan fingerprint density at radius 3 is 2.56 bits per heavy atom. The maximum Gasteiger partial charge on any atom is 0.323 e. The van der Waals surface area contributed by atoms with Crippen LogP contribution >= 0.6 is 11.3 Å². The number of carboxylic acid groups (broad SMARTS) is 1. The first-order valence-electron chi connectivity index (χ1n) is 7.95. The predicted octanol–water partition coefficient (Wildman–Crippen LogP) is 0.0343. The van der Waals surface area contributed by atoms with E-state index < -0.39 is 63.6 Å². The van der Waals surface area contributed by atoms with Gasteiger partial charge in [-0.25, -0.2) is 0 Å². The van der Waals surface area contributed by atoms with Crippen molar-refractivity contribution in [3.05, 3.63) is 17.5 Å². The Balaban J connectivity index is 2.06. The minimum absolute atomic E-state index is 0.409. The number of carbonyl (C=O) groups is 4. The number of carboxylic acids is 1. The van der Waals surface area contributed by atoms with E-state index in [1.54, 1.807) is 17.5 Å². The van der Waals surface area contributed by atoms with Crippen LogP contribution in [0.5, 0.6) is 0 Å². The second-order valence-electron chi connectivity index (χ2n) is 6.46. The lowest BCUT2D eigenvalue weighted by atomic mass is 9.82. The summed E-state index contributed by atoms with van der Waals surface area (Å²) in [6.07, 6.45) is 0. The first kappa shape index (κ1) is 19.8. The van der Waals surface area contributed by atoms with E-state index in [1.165, 1.54) is 25.4 Å². The van der Waals surface area contributed by atoms with E-state index >= 15 is 0 Å². The molecular weight excluding hydrogens is 396 g/mol. The highest BCUT2D eigenvalue weighted by Crippen LogP contribution is 2.49. The average molecular weight is 414 g/mol. The van der Waals surface area contributed by atoms with Gasteiger partial charge in [0.15, 0.2) is 11.2 Å². The molecule has 1 aromatic heterocycles. The maximum atomic E-state index is 13.0. The summed E-state index contributed by atoms with van der Waals surface area (Å²) in [6, 6.07) is 3.33. The van der Waals surface area contributed by atoms with Crippen molar-refractivity contribution in [2.75, 3.05) is 24.3 Å². The molecule has 0 bridgehead atoms. The van der Waals surface area contributed by atoms with Gasteiger partial charge < -0.3 is 14.4 Å². The molecule has 0 aromatic carbocycles. The van der Waals surface area contributed by atoms with E-state index in [0.717, 1.165) is 16.7 Å². The van der Waals surface area contributed by atoms with Crippen molar-refractivity contribution in [1.29, 1.82) is 0 Å². The van der Waals surface area contributed by atoms with Crippen LogP contribution in [0.15, 0.2) is 17.5 Å². The first-order valence-corrected chi connectivity index (χ1v) is 10.2. The molecule has 2 saturated heterocycles. The number of rotatable bonds is 5. The van der Waals surface area contributed by atoms with Crippen LogP contribution in [0.25, 0.3) is 0 Å². The normalized spacial score (nSPS) is 32.4. The Bertz CT molecular complexity index is 798. The lowest BCUT2D eigenvalue weighted by molar-refractivity contribution is -0.195. The van der Waals surface area contributed by atoms with Gasteiger partial charge in [-0.3, -0.25) is 29.0 Å². The van der Waals surface area contributed by atoms with Gasteiger partial charge in [-0.1, -0.05) is 0 Å². The standard InChI is InChI=1S/C16H18N2O7S2/c1-9(19)15(14(22)23)7-17-12(21)16(25-3,13(17)27(24)8-15)18(10(2)20)11-5-4-6-26-11/h4-6,13H,7-8H2,1-3H3,(H,22,23)/t13-,15?,16?,27?/m1/s1. The summed E-state index contributed by atoms with van der Waals surface area (Å²) in [5.41, 5.74) is -3.76. The summed E-state index contributed by atoms with van der Waals surface area (Å²) in [4.78, 5) is 51.3. The topological polar surface area (TPSA) is 127 Å². The third-order valence-electron chi connectivity index (χ3n) is 5.03. The van der Waals surface area contributed by atoms with Gasteiger partial charge in [-0.15, -0.1) is 11.3 Å². The Hall–Kier alpha value is -1.95. The summed E-state index contributed by atoms with van der Waals surface area (Å²) in [5.74, 6) is -3.73. The Labute approximate surface area is 162 Å². The molecule has 0 saturated carbocycles. The van der Waals surface area contributed by atoms with Gasteiger partial charge in [0, 0.05) is 14.0 Å². The van der Waals surface area contributed by atoms with Crippen LogP contribution in [-0.2, 0) is 35.1 Å². The minimum Gasteiger partial charge on any atom is -0.615 e. The lowest BCUT2D eigenvalue weighted by Gasteiger charge is -2.59. The Morgan fingerprint density at radius 2 is 2.11 bits per heavy atom. The number of methoxy groups -OCH3 is 1. The van der Waals surface area contributed by atoms with Gasteiger partial charge in [-0.05, 0) is 35.6 Å². The number of thiophene rings is 1. The molecule has 2 amide bonds. The van der Waals surface area contributed by atoms with Crippen LogP contribution in [0.4, 0.5) is 5.00 Å². The molecule has 3 rings (SSSR count). The van der Waals surface area contributed by atoms with E-state index in [2.05, 4.69) is 0 Å². The zero-order valence-corrected chi connectivity index (χ0v) is 16.5. The van der Waals surface area contributed by atoms with Crippen molar-refractivity contribution in [2.24, 2.45) is 5.41 Å². The fourth-order valence-corrected chi connectivity index (χ4v) is 6.62. The number of carbonyl (C=O) groups excluding carboxylic acids is 3. The highest BCUT2D eigenvalue weighted by molar-refractivity contribution is 7.92. The quantitative estimate of drug-likeness (QED) is 0.312. The molecule has 0 spiro atoms. The zero-order valence-electron chi connectivity index (χ0n) is 14.8. The summed E-state index contributed by atoms with van der Waals surface area (Å²) in [7, 11) is 1.24. The van der Waals surface area contributed by atoms with Crippen LogP contribution in [0.2, 0.25) is 0 Å². The number of aliphatic carboxylic acids is 1. The second kappa shape index (κ2) is 6.59. The number of hydrogen-bond acceptors (Lipinski definition) is 7. The SMILES string of the molecule is COC1(N(C(C)=O)c2cccs2)C(=O)N2CC(C(C)=O)(C(=O)O)C[S+]([O-])[C@@H]21. The van der Waals surface area contributed by atoms with Crippen LogP contribution in [0.3, 0.4) is 0 Å². The summed E-state index contributed by atoms with van der Waals surface area (Å²) in [6.45, 7) is 1.96. The highest BCUT2D eigenvalue weighted by Gasteiger charge is 2.77. The third kappa shape index (κ3) is 2.53. The van der Waals surface area contributed by atoms with Gasteiger partial charge in [-0.2, -0.15) is 0 Å². The molecule has 3 unspecified atom stereocenters. The number of ether oxygens (including phenoxy) is 1. The summed E-state index contributed by atoms with van der Waals surface area (Å²) >= 11 is -0.728. The fraction of sp³-hybridized carbons (Fsp3) is 0.500. The van der Waals surface area contributed by atoms with Gasteiger partial charge >= 0.3 is 5.97 Å². The van der Waals surface area contributed by atoms with Crippen molar-refractivity contribution in [1.82, 2.24) is 4.90 Å². The Morgan fingerprint density at radius 1 is 1.44 bits per heavy atom. The number of amides is 2. The van der Waals surface area contributed by atoms with Crippen molar-refractivity contribution in [3.63, 3.8) is 0 Å².